The third kappa shape index (κ3) is 7.32. The van der Waals surface area contributed by atoms with E-state index in [0.717, 1.165) is 11.1 Å². The summed E-state index contributed by atoms with van der Waals surface area (Å²) in [7, 11) is -2.10. The molecule has 0 spiro atoms. The highest BCUT2D eigenvalue weighted by atomic mass is 32.2. The van der Waals surface area contributed by atoms with E-state index in [4.69, 9.17) is 0 Å². The Bertz CT molecular complexity index is 937. The predicted molar refractivity (Wildman–Crippen MR) is 113 cm³/mol. The van der Waals surface area contributed by atoms with E-state index >= 15 is 0 Å². The van der Waals surface area contributed by atoms with Gasteiger partial charge in [-0.3, -0.25) is 9.59 Å². The molecule has 2 aromatic rings. The maximum Gasteiger partial charge on any atom is 0.240 e. The molecule has 0 aromatic heterocycles. The zero-order valence-corrected chi connectivity index (χ0v) is 17.7. The van der Waals surface area contributed by atoms with Crippen LogP contribution in [0.1, 0.15) is 31.4 Å². The van der Waals surface area contributed by atoms with E-state index in [1.165, 1.54) is 19.2 Å². The average molecular weight is 418 g/mol. The van der Waals surface area contributed by atoms with E-state index in [9.17, 15) is 18.0 Å². The van der Waals surface area contributed by atoms with Gasteiger partial charge >= 0.3 is 0 Å². The van der Waals surface area contributed by atoms with Crippen LogP contribution in [0.3, 0.4) is 0 Å². The zero-order valence-electron chi connectivity index (χ0n) is 16.9. The van der Waals surface area contributed by atoms with Crippen molar-refractivity contribution in [3.05, 3.63) is 59.7 Å². The normalized spacial score (nSPS) is 11.3. The molecule has 8 heteroatoms. The molecule has 2 rings (SSSR count). The quantitative estimate of drug-likeness (QED) is 0.582. The number of nitrogens with one attached hydrogen (secondary N) is 3. The topological polar surface area (TPSA) is 104 Å². The molecule has 0 heterocycles. The second kappa shape index (κ2) is 10.2. The maximum absolute atomic E-state index is 12.2. The van der Waals surface area contributed by atoms with E-state index in [2.05, 4.69) is 15.4 Å². The lowest BCUT2D eigenvalue weighted by molar-refractivity contribution is -0.121. The first-order valence-electron chi connectivity index (χ1n) is 9.40. The van der Waals surface area contributed by atoms with Crippen LogP contribution in [0.5, 0.6) is 0 Å². The summed E-state index contributed by atoms with van der Waals surface area (Å²) in [6, 6.07) is 13.7. The average Bonchev–Trinajstić information content (AvgIpc) is 2.67. The monoisotopic (exact) mass is 417 g/mol. The molecule has 2 amide bonds. The van der Waals surface area contributed by atoms with Crippen LogP contribution in [0.15, 0.2) is 53.4 Å². The Morgan fingerprint density at radius 2 is 1.48 bits per heavy atom. The van der Waals surface area contributed by atoms with Gasteiger partial charge in [-0.2, -0.15) is 0 Å². The summed E-state index contributed by atoms with van der Waals surface area (Å²) < 4.78 is 25.7. The Morgan fingerprint density at radius 3 is 2.03 bits per heavy atom. The fraction of sp³-hybridized carbons (Fsp3) is 0.333. The first-order chi connectivity index (χ1) is 13.7. The smallest absolute Gasteiger partial charge is 0.240 e. The van der Waals surface area contributed by atoms with Crippen LogP contribution in [0.4, 0.5) is 5.69 Å². The highest BCUT2D eigenvalue weighted by molar-refractivity contribution is 7.89. The number of hydrogen-bond donors (Lipinski definition) is 3. The van der Waals surface area contributed by atoms with Gasteiger partial charge in [0, 0.05) is 18.2 Å². The summed E-state index contributed by atoms with van der Waals surface area (Å²) in [5.41, 5.74) is 2.41. The largest absolute Gasteiger partial charge is 0.354 e. The number of benzene rings is 2. The third-order valence-corrected chi connectivity index (χ3v) is 5.63. The highest BCUT2D eigenvalue weighted by Crippen LogP contribution is 2.13. The van der Waals surface area contributed by atoms with Crippen molar-refractivity contribution in [2.24, 2.45) is 0 Å². The Kier molecular flexibility index (Phi) is 7.92. The van der Waals surface area contributed by atoms with Gasteiger partial charge in [-0.25, -0.2) is 13.1 Å². The minimum atomic E-state index is -3.46. The number of aryl methyl sites for hydroxylation is 1. The Labute approximate surface area is 172 Å². The maximum atomic E-state index is 12.2. The molecule has 0 aliphatic heterocycles. The Balaban J connectivity index is 1.84. The number of hydrogen-bond acceptors (Lipinski definition) is 4. The van der Waals surface area contributed by atoms with Crippen molar-refractivity contribution >= 4 is 27.5 Å². The minimum Gasteiger partial charge on any atom is -0.354 e. The molecule has 0 saturated heterocycles. The molecule has 0 radical (unpaired) electrons. The van der Waals surface area contributed by atoms with Crippen molar-refractivity contribution in [3.63, 3.8) is 0 Å². The number of rotatable bonds is 9. The standard InChI is InChI=1S/C21H27N3O4S/c1-15(2)23-21(26)14-17-4-9-18(10-5-17)24-20(25)13-8-16-6-11-19(12-7-16)29(27,28)22-3/h4-7,9-12,15,22H,8,13-14H2,1-3H3,(H,23,26)(H,24,25). The summed E-state index contributed by atoms with van der Waals surface area (Å²) in [6.07, 6.45) is 1.07. The van der Waals surface area contributed by atoms with E-state index in [1.54, 1.807) is 24.3 Å². The van der Waals surface area contributed by atoms with Crippen LogP contribution in [-0.2, 0) is 32.5 Å². The zero-order chi connectivity index (χ0) is 21.4. The molecule has 7 nitrogen and oxygen atoms in total. The lowest BCUT2D eigenvalue weighted by Crippen LogP contribution is -2.31. The number of amides is 2. The molecule has 3 N–H and O–H groups in total. The van der Waals surface area contributed by atoms with Crippen LogP contribution in [-0.4, -0.2) is 33.3 Å². The number of carbonyl (C=O) groups excluding carboxylic acids is 2. The van der Waals surface area contributed by atoms with Crippen molar-refractivity contribution in [2.45, 2.75) is 44.0 Å². The second-order valence-corrected chi connectivity index (χ2v) is 8.88. The molecular formula is C21H27N3O4S. The van der Waals surface area contributed by atoms with Gasteiger partial charge in [0.15, 0.2) is 0 Å². The highest BCUT2D eigenvalue weighted by Gasteiger charge is 2.11. The van der Waals surface area contributed by atoms with Gasteiger partial charge in [-0.1, -0.05) is 24.3 Å². The molecule has 29 heavy (non-hydrogen) atoms. The molecule has 0 aliphatic rings. The lowest BCUT2D eigenvalue weighted by atomic mass is 10.1. The molecule has 156 valence electrons. The molecule has 0 aliphatic carbocycles. The Hall–Kier alpha value is -2.71. The van der Waals surface area contributed by atoms with Gasteiger partial charge in [0.05, 0.1) is 11.3 Å². The van der Waals surface area contributed by atoms with Crippen LogP contribution < -0.4 is 15.4 Å². The van der Waals surface area contributed by atoms with E-state index < -0.39 is 10.0 Å². The fourth-order valence-corrected chi connectivity index (χ4v) is 3.43. The predicted octanol–water partition coefficient (Wildman–Crippen LogP) is 2.23. The molecule has 0 bridgehead atoms. The molecular weight excluding hydrogens is 390 g/mol. The second-order valence-electron chi connectivity index (χ2n) is 7.00. The van der Waals surface area contributed by atoms with Gasteiger partial charge in [0.25, 0.3) is 0 Å². The number of sulfonamides is 1. The van der Waals surface area contributed by atoms with Crippen molar-refractivity contribution in [1.29, 1.82) is 0 Å². The SMILES string of the molecule is CNS(=O)(=O)c1ccc(CCC(=O)Nc2ccc(CC(=O)NC(C)C)cc2)cc1. The van der Waals surface area contributed by atoms with Gasteiger partial charge in [-0.05, 0) is 62.7 Å². The van der Waals surface area contributed by atoms with Crippen LogP contribution in [0.2, 0.25) is 0 Å². The minimum absolute atomic E-state index is 0.0367. The first kappa shape index (κ1) is 22.6. The summed E-state index contributed by atoms with van der Waals surface area (Å²) in [6.45, 7) is 3.82. The van der Waals surface area contributed by atoms with E-state index in [-0.39, 0.29) is 29.2 Å². The van der Waals surface area contributed by atoms with Crippen LogP contribution in [0.25, 0.3) is 0 Å². The van der Waals surface area contributed by atoms with Crippen molar-refractivity contribution in [2.75, 3.05) is 12.4 Å². The van der Waals surface area contributed by atoms with Gasteiger partial charge in [-0.15, -0.1) is 0 Å². The summed E-state index contributed by atoms with van der Waals surface area (Å²) in [5.74, 6) is -0.174. The molecule has 0 unspecified atom stereocenters. The fourth-order valence-electron chi connectivity index (χ4n) is 2.70. The molecule has 0 fully saturated rings. The number of carbonyl (C=O) groups is 2. The van der Waals surface area contributed by atoms with Crippen molar-refractivity contribution < 1.29 is 18.0 Å². The van der Waals surface area contributed by atoms with Gasteiger partial charge in [0.1, 0.15) is 0 Å². The van der Waals surface area contributed by atoms with Gasteiger partial charge < -0.3 is 10.6 Å². The van der Waals surface area contributed by atoms with Crippen molar-refractivity contribution in [3.8, 4) is 0 Å². The van der Waals surface area contributed by atoms with Crippen LogP contribution in [0, 0.1) is 0 Å². The molecule has 2 aromatic carbocycles. The summed E-state index contributed by atoms with van der Waals surface area (Å²) in [5, 5.41) is 5.66. The lowest BCUT2D eigenvalue weighted by Gasteiger charge is -2.09. The summed E-state index contributed by atoms with van der Waals surface area (Å²) in [4.78, 5) is 24.1. The van der Waals surface area contributed by atoms with Crippen LogP contribution >= 0.6 is 0 Å². The molecule has 0 atom stereocenters. The third-order valence-electron chi connectivity index (χ3n) is 4.20. The molecule has 0 saturated carbocycles. The first-order valence-corrected chi connectivity index (χ1v) is 10.9. The van der Waals surface area contributed by atoms with E-state index in [1.807, 2.05) is 26.0 Å². The van der Waals surface area contributed by atoms with E-state index in [0.29, 0.717) is 18.5 Å². The van der Waals surface area contributed by atoms with Crippen molar-refractivity contribution in [1.82, 2.24) is 10.0 Å². The van der Waals surface area contributed by atoms with Gasteiger partial charge in [0.2, 0.25) is 21.8 Å². The Morgan fingerprint density at radius 1 is 0.897 bits per heavy atom. The number of anilines is 1. The summed E-state index contributed by atoms with van der Waals surface area (Å²) >= 11 is 0.